The maximum atomic E-state index is 12.3. The number of hydrogen-bond acceptors (Lipinski definition) is 5. The summed E-state index contributed by atoms with van der Waals surface area (Å²) in [6.45, 7) is 0.142. The number of rotatable bonds is 9. The monoisotopic (exact) mass is 443 g/mol. The van der Waals surface area contributed by atoms with Gasteiger partial charge in [-0.1, -0.05) is 91.0 Å². The van der Waals surface area contributed by atoms with Crippen LogP contribution in [0.2, 0.25) is 0 Å². The third kappa shape index (κ3) is 4.67. The van der Waals surface area contributed by atoms with E-state index in [1.807, 2.05) is 91.0 Å². The van der Waals surface area contributed by atoms with Gasteiger partial charge in [-0.3, -0.25) is 4.79 Å². The first kappa shape index (κ1) is 22.3. The van der Waals surface area contributed by atoms with Crippen LogP contribution in [-0.2, 0) is 15.4 Å². The number of aromatic nitrogens is 1. The van der Waals surface area contributed by atoms with E-state index in [1.54, 1.807) is 0 Å². The van der Waals surface area contributed by atoms with Crippen molar-refractivity contribution in [1.29, 1.82) is 0 Å². The van der Waals surface area contributed by atoms with Crippen LogP contribution in [0, 0.1) is 0 Å². The van der Waals surface area contributed by atoms with E-state index >= 15 is 0 Å². The van der Waals surface area contributed by atoms with Crippen molar-refractivity contribution in [2.24, 2.45) is 0 Å². The highest BCUT2D eigenvalue weighted by molar-refractivity contribution is 5.82. The Labute approximate surface area is 192 Å². The van der Waals surface area contributed by atoms with Crippen molar-refractivity contribution in [3.8, 4) is 11.8 Å². The van der Waals surface area contributed by atoms with Crippen LogP contribution >= 0.6 is 0 Å². The van der Waals surface area contributed by atoms with Crippen molar-refractivity contribution in [3.05, 3.63) is 120 Å². The molecule has 0 unspecified atom stereocenters. The third-order valence-electron chi connectivity index (χ3n) is 5.43. The molecule has 0 radical (unpaired) electrons. The van der Waals surface area contributed by atoms with Crippen molar-refractivity contribution in [2.45, 2.75) is 18.4 Å². The lowest BCUT2D eigenvalue weighted by Crippen LogP contribution is -2.33. The second-order valence-electron chi connectivity index (χ2n) is 7.57. The van der Waals surface area contributed by atoms with Crippen LogP contribution in [0.25, 0.3) is 0 Å². The van der Waals surface area contributed by atoms with Gasteiger partial charge in [-0.05, 0) is 23.1 Å². The molecule has 0 amide bonds. The molecule has 0 bridgehead atoms. The van der Waals surface area contributed by atoms with Gasteiger partial charge in [-0.15, -0.1) is 0 Å². The lowest BCUT2D eigenvalue weighted by Gasteiger charge is -2.34. The Hall–Kier alpha value is -3.87. The first-order chi connectivity index (χ1) is 16.1. The van der Waals surface area contributed by atoms with E-state index in [0.717, 1.165) is 21.3 Å². The van der Waals surface area contributed by atoms with Crippen molar-refractivity contribution in [2.75, 3.05) is 6.61 Å². The first-order valence-corrected chi connectivity index (χ1v) is 10.7. The summed E-state index contributed by atoms with van der Waals surface area (Å²) in [5, 5.41) is 19.4. The minimum Gasteiger partial charge on any atom is -0.494 e. The Morgan fingerprint density at radius 2 is 1.12 bits per heavy atom. The molecule has 0 atom stereocenters. The predicted molar refractivity (Wildman–Crippen MR) is 124 cm³/mol. The summed E-state index contributed by atoms with van der Waals surface area (Å²) in [6.07, 6.45) is 0.401. The van der Waals surface area contributed by atoms with E-state index in [1.165, 1.54) is 12.1 Å². The standard InChI is InChI=1S/C27H25NO5/c29-24(28-25(30)18-19-26(28)31)17-10-20-32-33-27(21-11-4-1-5-12-21,22-13-6-2-7-14-22)23-15-8-3-9-16-23/h1-9,11-16,18-19,30-31H,10,17,20H2. The van der Waals surface area contributed by atoms with Gasteiger partial charge in [-0.25, -0.2) is 14.3 Å². The molecule has 6 nitrogen and oxygen atoms in total. The van der Waals surface area contributed by atoms with Crippen LogP contribution in [0.15, 0.2) is 103 Å². The molecule has 6 heteroatoms. The van der Waals surface area contributed by atoms with E-state index in [-0.39, 0.29) is 24.8 Å². The SMILES string of the molecule is O=C(CCCOOC(c1ccccc1)(c1ccccc1)c1ccccc1)n1c(O)ccc1O. The van der Waals surface area contributed by atoms with Crippen LogP contribution in [-0.4, -0.2) is 27.3 Å². The van der Waals surface area contributed by atoms with Gasteiger partial charge < -0.3 is 10.2 Å². The maximum absolute atomic E-state index is 12.3. The third-order valence-corrected chi connectivity index (χ3v) is 5.43. The quantitative estimate of drug-likeness (QED) is 0.160. The van der Waals surface area contributed by atoms with Crippen molar-refractivity contribution in [3.63, 3.8) is 0 Å². The first-order valence-electron chi connectivity index (χ1n) is 10.7. The van der Waals surface area contributed by atoms with Crippen molar-refractivity contribution < 1.29 is 24.8 Å². The molecular weight excluding hydrogens is 418 g/mol. The summed E-state index contributed by atoms with van der Waals surface area (Å²) in [7, 11) is 0. The molecule has 0 aliphatic carbocycles. The Bertz CT molecular complexity index is 1060. The molecule has 4 aromatic rings. The summed E-state index contributed by atoms with van der Waals surface area (Å²) < 4.78 is 0.864. The van der Waals surface area contributed by atoms with E-state index in [4.69, 9.17) is 9.78 Å². The number of carbonyl (C=O) groups is 1. The van der Waals surface area contributed by atoms with Crippen molar-refractivity contribution >= 4 is 5.91 Å². The van der Waals surface area contributed by atoms with Gasteiger partial charge in [0.2, 0.25) is 17.7 Å². The fourth-order valence-corrected chi connectivity index (χ4v) is 3.86. The average Bonchev–Trinajstić information content (AvgIpc) is 3.21. The second kappa shape index (κ2) is 10.2. The normalized spacial score (nSPS) is 11.4. The van der Waals surface area contributed by atoms with Gasteiger partial charge in [0.1, 0.15) is 0 Å². The molecule has 33 heavy (non-hydrogen) atoms. The van der Waals surface area contributed by atoms with Crippen LogP contribution in [0.3, 0.4) is 0 Å². The predicted octanol–water partition coefficient (Wildman–Crippen LogP) is 5.26. The number of nitrogens with zero attached hydrogens (tertiary/aromatic N) is 1. The summed E-state index contributed by atoms with van der Waals surface area (Å²) in [5.41, 5.74) is 1.70. The Morgan fingerprint density at radius 1 is 0.697 bits per heavy atom. The van der Waals surface area contributed by atoms with Crippen LogP contribution in [0.1, 0.15) is 34.3 Å². The zero-order valence-corrected chi connectivity index (χ0v) is 18.0. The molecule has 0 spiro atoms. The summed E-state index contributed by atoms with van der Waals surface area (Å²) in [6, 6.07) is 32.0. The smallest absolute Gasteiger partial charge is 0.236 e. The lowest BCUT2D eigenvalue weighted by atomic mass is 9.80. The molecule has 4 rings (SSSR count). The molecule has 0 aliphatic rings. The highest BCUT2D eigenvalue weighted by Crippen LogP contribution is 2.40. The molecule has 168 valence electrons. The summed E-state index contributed by atoms with van der Waals surface area (Å²) in [4.78, 5) is 24.2. The van der Waals surface area contributed by atoms with Gasteiger partial charge in [-0.2, -0.15) is 0 Å². The van der Waals surface area contributed by atoms with Gasteiger partial charge in [0.15, 0.2) is 5.60 Å². The average molecular weight is 443 g/mol. The molecule has 0 aliphatic heterocycles. The van der Waals surface area contributed by atoms with Crippen LogP contribution in [0.5, 0.6) is 11.8 Å². The van der Waals surface area contributed by atoms with Crippen LogP contribution in [0.4, 0.5) is 0 Å². The van der Waals surface area contributed by atoms with E-state index in [2.05, 4.69) is 0 Å². The minimum atomic E-state index is -1.01. The van der Waals surface area contributed by atoms with Crippen molar-refractivity contribution in [1.82, 2.24) is 4.57 Å². The number of carbonyl (C=O) groups excluding carboxylic acids is 1. The summed E-state index contributed by atoms with van der Waals surface area (Å²) >= 11 is 0. The molecule has 1 heterocycles. The molecule has 0 fully saturated rings. The van der Waals surface area contributed by atoms with Gasteiger partial charge in [0, 0.05) is 18.6 Å². The molecule has 0 saturated carbocycles. The largest absolute Gasteiger partial charge is 0.494 e. The Balaban J connectivity index is 1.55. The molecule has 0 saturated heterocycles. The van der Waals surface area contributed by atoms with Gasteiger partial charge in [0.05, 0.1) is 6.61 Å². The van der Waals surface area contributed by atoms with E-state index < -0.39 is 11.5 Å². The zero-order valence-electron chi connectivity index (χ0n) is 18.0. The lowest BCUT2D eigenvalue weighted by molar-refractivity contribution is -0.345. The fraction of sp³-hybridized carbons (Fsp3) is 0.148. The van der Waals surface area contributed by atoms with Crippen LogP contribution < -0.4 is 0 Å². The maximum Gasteiger partial charge on any atom is 0.236 e. The minimum absolute atomic E-state index is 0.0637. The second-order valence-corrected chi connectivity index (χ2v) is 7.57. The number of benzene rings is 3. The molecule has 2 N–H and O–H groups in total. The van der Waals surface area contributed by atoms with E-state index in [9.17, 15) is 15.0 Å². The molecule has 3 aromatic carbocycles. The Morgan fingerprint density at radius 3 is 1.55 bits per heavy atom. The number of aromatic hydroxyl groups is 2. The fourth-order valence-electron chi connectivity index (χ4n) is 3.86. The van der Waals surface area contributed by atoms with Gasteiger partial charge in [0.25, 0.3) is 0 Å². The Kier molecular flexibility index (Phi) is 6.88. The number of hydrogen-bond donors (Lipinski definition) is 2. The topological polar surface area (TPSA) is 80.9 Å². The molecule has 1 aromatic heterocycles. The zero-order chi connectivity index (χ0) is 23.1. The summed E-state index contributed by atoms with van der Waals surface area (Å²) in [5.74, 6) is -1.03. The molecular formula is C27H25NO5. The highest BCUT2D eigenvalue weighted by atomic mass is 17.2. The highest BCUT2D eigenvalue weighted by Gasteiger charge is 2.39. The van der Waals surface area contributed by atoms with Gasteiger partial charge >= 0.3 is 0 Å². The van der Waals surface area contributed by atoms with E-state index in [0.29, 0.717) is 6.42 Å².